The standard InChI is InChI=1S/C8H6F/c9-7-6-8-4-2-1-3-5-8/h2-7H/b7-6+. The van der Waals surface area contributed by atoms with Crippen molar-refractivity contribution in [1.82, 2.24) is 0 Å². The van der Waals surface area contributed by atoms with E-state index in [9.17, 15) is 4.39 Å². The van der Waals surface area contributed by atoms with Gasteiger partial charge in [0.2, 0.25) is 0 Å². The zero-order valence-electron chi connectivity index (χ0n) is 4.84. The van der Waals surface area contributed by atoms with Crippen LogP contribution >= 0.6 is 0 Å². The second kappa shape index (κ2) is 3.02. The Balaban J connectivity index is 2.85. The summed E-state index contributed by atoms with van der Waals surface area (Å²) >= 11 is 0. The summed E-state index contributed by atoms with van der Waals surface area (Å²) in [4.78, 5) is 0. The summed E-state index contributed by atoms with van der Waals surface area (Å²) in [6, 6.07) is 9.90. The van der Waals surface area contributed by atoms with Gasteiger partial charge in [-0.05, 0) is 17.7 Å². The average Bonchev–Trinajstić information content (AvgIpc) is 1.91. The van der Waals surface area contributed by atoms with Crippen molar-refractivity contribution in [2.75, 3.05) is 0 Å². The van der Waals surface area contributed by atoms with E-state index < -0.39 is 0 Å². The monoisotopic (exact) mass is 121 g/mol. The Labute approximate surface area is 53.6 Å². The highest BCUT2D eigenvalue weighted by atomic mass is 19.1. The molecule has 1 radical (unpaired) electrons. The molecule has 0 saturated carbocycles. The van der Waals surface area contributed by atoms with Crippen molar-refractivity contribution in [3.8, 4) is 0 Å². The van der Waals surface area contributed by atoms with Gasteiger partial charge in [-0.1, -0.05) is 24.3 Å². The fourth-order valence-electron chi connectivity index (χ4n) is 0.584. The largest absolute Gasteiger partial charge is 0.216 e. The molecule has 0 fully saturated rings. The summed E-state index contributed by atoms with van der Waals surface area (Å²) in [5.74, 6) is 0. The molecular weight excluding hydrogens is 115 g/mol. The van der Waals surface area contributed by atoms with Crippen LogP contribution in [0.3, 0.4) is 0 Å². The van der Waals surface area contributed by atoms with Gasteiger partial charge in [-0.25, -0.2) is 4.39 Å². The van der Waals surface area contributed by atoms with Crippen molar-refractivity contribution in [3.05, 3.63) is 42.2 Å². The number of hydrogen-bond acceptors (Lipinski definition) is 0. The second-order valence-corrected chi connectivity index (χ2v) is 1.63. The number of hydrogen-bond donors (Lipinski definition) is 0. The Hall–Kier alpha value is -1.11. The van der Waals surface area contributed by atoms with Gasteiger partial charge in [0, 0.05) is 0 Å². The lowest BCUT2D eigenvalue weighted by Gasteiger charge is -1.85. The lowest BCUT2D eigenvalue weighted by atomic mass is 10.2. The van der Waals surface area contributed by atoms with E-state index in [1.807, 2.05) is 0 Å². The molecule has 1 rings (SSSR count). The molecule has 0 spiro atoms. The van der Waals surface area contributed by atoms with Crippen LogP contribution in [0.4, 0.5) is 4.39 Å². The molecule has 0 amide bonds. The molecule has 0 bridgehead atoms. The molecule has 9 heavy (non-hydrogen) atoms. The van der Waals surface area contributed by atoms with Gasteiger partial charge in [0.1, 0.15) is 0 Å². The van der Waals surface area contributed by atoms with Crippen molar-refractivity contribution in [1.29, 1.82) is 0 Å². The molecule has 0 heterocycles. The van der Waals surface area contributed by atoms with Crippen LogP contribution in [0.1, 0.15) is 5.56 Å². The molecule has 0 atom stereocenters. The highest BCUT2D eigenvalue weighted by molar-refractivity contribution is 5.47. The summed E-state index contributed by atoms with van der Waals surface area (Å²) in [6.07, 6.45) is 1.92. The van der Waals surface area contributed by atoms with Crippen molar-refractivity contribution in [3.63, 3.8) is 0 Å². The first-order chi connectivity index (χ1) is 4.43. The third-order valence-corrected chi connectivity index (χ3v) is 0.999. The quantitative estimate of drug-likeness (QED) is 0.535. The van der Waals surface area contributed by atoms with Gasteiger partial charge in [-0.3, -0.25) is 0 Å². The van der Waals surface area contributed by atoms with E-state index >= 15 is 0 Å². The Morgan fingerprint density at radius 3 is 2.56 bits per heavy atom. The van der Waals surface area contributed by atoms with E-state index in [0.29, 0.717) is 6.33 Å². The first-order valence-electron chi connectivity index (χ1n) is 2.66. The van der Waals surface area contributed by atoms with Crippen molar-refractivity contribution < 1.29 is 4.39 Å². The molecule has 45 valence electrons. The summed E-state index contributed by atoms with van der Waals surface area (Å²) in [5.41, 5.74) is 0.858. The van der Waals surface area contributed by atoms with Crippen molar-refractivity contribution in [2.24, 2.45) is 0 Å². The van der Waals surface area contributed by atoms with Gasteiger partial charge in [0.25, 0.3) is 0 Å². The predicted octanol–water partition coefficient (Wildman–Crippen LogP) is 2.43. The van der Waals surface area contributed by atoms with Gasteiger partial charge in [-0.15, -0.1) is 0 Å². The molecule has 0 N–H and O–H groups in total. The first kappa shape index (κ1) is 6.02. The second-order valence-electron chi connectivity index (χ2n) is 1.63. The maximum absolute atomic E-state index is 11.5. The minimum atomic E-state index is 0.523. The van der Waals surface area contributed by atoms with E-state index in [4.69, 9.17) is 0 Å². The molecule has 0 saturated heterocycles. The molecular formula is C8H6F. The van der Waals surface area contributed by atoms with Gasteiger partial charge >= 0.3 is 0 Å². The van der Waals surface area contributed by atoms with E-state index in [-0.39, 0.29) is 0 Å². The van der Waals surface area contributed by atoms with Crippen LogP contribution in [0.2, 0.25) is 0 Å². The molecule has 0 nitrogen and oxygen atoms in total. The summed E-state index contributed by atoms with van der Waals surface area (Å²) in [6.45, 7) is 0. The first-order valence-corrected chi connectivity index (χ1v) is 2.66. The van der Waals surface area contributed by atoms with Crippen LogP contribution in [0.15, 0.2) is 30.6 Å². The maximum Gasteiger partial charge on any atom is 0.0872 e. The zero-order chi connectivity index (χ0) is 6.53. The number of halogens is 1. The van der Waals surface area contributed by atoms with Gasteiger partial charge in [0.05, 0.1) is 6.33 Å². The van der Waals surface area contributed by atoms with E-state index in [2.05, 4.69) is 6.07 Å². The predicted molar refractivity (Wildman–Crippen MR) is 35.4 cm³/mol. The topological polar surface area (TPSA) is 0 Å². The molecule has 0 aromatic heterocycles. The molecule has 0 aliphatic rings. The molecule has 0 unspecified atom stereocenters. The minimum Gasteiger partial charge on any atom is -0.216 e. The van der Waals surface area contributed by atoms with Crippen molar-refractivity contribution >= 4 is 6.08 Å². The molecule has 0 aliphatic heterocycles. The Bertz CT molecular complexity index is 189. The highest BCUT2D eigenvalue weighted by Crippen LogP contribution is 1.99. The van der Waals surface area contributed by atoms with E-state index in [1.54, 1.807) is 24.3 Å². The van der Waals surface area contributed by atoms with Gasteiger partial charge in [0.15, 0.2) is 0 Å². The Morgan fingerprint density at radius 2 is 2.00 bits per heavy atom. The Kier molecular flexibility index (Phi) is 2.02. The normalized spacial score (nSPS) is 10.3. The average molecular weight is 121 g/mol. The van der Waals surface area contributed by atoms with Crippen LogP contribution in [-0.4, -0.2) is 0 Å². The Morgan fingerprint density at radius 1 is 1.33 bits per heavy atom. The fourth-order valence-corrected chi connectivity index (χ4v) is 0.584. The maximum atomic E-state index is 11.5. The van der Waals surface area contributed by atoms with E-state index in [0.717, 1.165) is 5.56 Å². The van der Waals surface area contributed by atoms with Crippen LogP contribution in [-0.2, 0) is 0 Å². The third kappa shape index (κ3) is 1.68. The number of benzene rings is 1. The summed E-state index contributed by atoms with van der Waals surface area (Å²) in [5, 5.41) is 0. The lowest BCUT2D eigenvalue weighted by Crippen LogP contribution is -1.65. The minimum absolute atomic E-state index is 0.523. The lowest BCUT2D eigenvalue weighted by molar-refractivity contribution is 0.727. The SMILES string of the molecule is F/C=C/c1cc[c]cc1. The zero-order valence-corrected chi connectivity index (χ0v) is 4.84. The van der Waals surface area contributed by atoms with Crippen LogP contribution < -0.4 is 0 Å². The summed E-state index contributed by atoms with van der Waals surface area (Å²) in [7, 11) is 0. The molecule has 1 aromatic carbocycles. The van der Waals surface area contributed by atoms with Gasteiger partial charge < -0.3 is 0 Å². The molecule has 1 heteroatoms. The van der Waals surface area contributed by atoms with E-state index in [1.165, 1.54) is 6.08 Å². The molecule has 1 aromatic rings. The van der Waals surface area contributed by atoms with Crippen LogP contribution in [0.25, 0.3) is 6.08 Å². The molecule has 0 aliphatic carbocycles. The van der Waals surface area contributed by atoms with Gasteiger partial charge in [-0.2, -0.15) is 0 Å². The highest BCUT2D eigenvalue weighted by Gasteiger charge is 1.79. The number of rotatable bonds is 1. The third-order valence-electron chi connectivity index (χ3n) is 0.999. The smallest absolute Gasteiger partial charge is 0.0872 e. The summed E-state index contributed by atoms with van der Waals surface area (Å²) < 4.78 is 11.5. The van der Waals surface area contributed by atoms with Crippen LogP contribution in [0.5, 0.6) is 0 Å². The van der Waals surface area contributed by atoms with Crippen LogP contribution in [0, 0.1) is 6.07 Å². The fraction of sp³-hybridized carbons (Fsp3) is 0. The van der Waals surface area contributed by atoms with Crippen molar-refractivity contribution in [2.45, 2.75) is 0 Å².